The molecule has 0 amide bonds. The van der Waals surface area contributed by atoms with Crippen LogP contribution in [0.4, 0.5) is 4.39 Å². The second kappa shape index (κ2) is 6.81. The van der Waals surface area contributed by atoms with Gasteiger partial charge in [-0.25, -0.2) is 9.37 Å². The van der Waals surface area contributed by atoms with Crippen molar-refractivity contribution in [3.05, 3.63) is 57.9 Å². The van der Waals surface area contributed by atoms with Crippen LogP contribution < -0.4 is 10.1 Å². The lowest BCUT2D eigenvalue weighted by molar-refractivity contribution is 0.386. The molecule has 106 valence electrons. The molecule has 1 aromatic carbocycles. The molecule has 0 aliphatic heterocycles. The molecule has 20 heavy (non-hydrogen) atoms. The van der Waals surface area contributed by atoms with E-state index in [-0.39, 0.29) is 11.9 Å². The minimum absolute atomic E-state index is 0.259. The Balaban J connectivity index is 2.53. The molecule has 0 saturated carbocycles. The maximum absolute atomic E-state index is 14.1. The summed E-state index contributed by atoms with van der Waals surface area (Å²) in [7, 11) is 1.56. The van der Waals surface area contributed by atoms with Crippen LogP contribution in [0.25, 0.3) is 0 Å². The molecule has 0 aliphatic rings. The van der Waals surface area contributed by atoms with E-state index >= 15 is 0 Å². The molecule has 1 heterocycles. The Labute approximate surface area is 126 Å². The number of aromatic nitrogens is 1. The molecule has 1 unspecified atom stereocenters. The summed E-state index contributed by atoms with van der Waals surface area (Å²) in [4.78, 5) is 4.18. The van der Waals surface area contributed by atoms with Gasteiger partial charge in [0, 0.05) is 21.8 Å². The van der Waals surface area contributed by atoms with Crippen LogP contribution in [-0.4, -0.2) is 18.6 Å². The number of benzene rings is 1. The highest BCUT2D eigenvalue weighted by molar-refractivity contribution is 9.10. The first kappa shape index (κ1) is 14.9. The van der Waals surface area contributed by atoms with Crippen LogP contribution in [0.2, 0.25) is 0 Å². The van der Waals surface area contributed by atoms with Crippen LogP contribution in [0.3, 0.4) is 0 Å². The van der Waals surface area contributed by atoms with E-state index in [9.17, 15) is 4.39 Å². The third kappa shape index (κ3) is 3.16. The van der Waals surface area contributed by atoms with Crippen molar-refractivity contribution in [2.45, 2.75) is 13.0 Å². The van der Waals surface area contributed by atoms with E-state index in [1.54, 1.807) is 25.4 Å². The molecule has 1 N–H and O–H groups in total. The summed E-state index contributed by atoms with van der Waals surface area (Å²) >= 11 is 3.38. The molecule has 0 saturated heterocycles. The summed E-state index contributed by atoms with van der Waals surface area (Å²) in [6.07, 6.45) is 1.66. The SMILES string of the molecule is CCNC(c1cc(Br)ccc1F)c1cccnc1OC. The van der Waals surface area contributed by atoms with Crippen molar-refractivity contribution in [3.8, 4) is 5.88 Å². The summed E-state index contributed by atoms with van der Waals surface area (Å²) in [5.74, 6) is 0.239. The Morgan fingerprint density at radius 1 is 1.35 bits per heavy atom. The van der Waals surface area contributed by atoms with Gasteiger partial charge in [-0.2, -0.15) is 0 Å². The van der Waals surface area contributed by atoms with Crippen molar-refractivity contribution in [2.75, 3.05) is 13.7 Å². The third-order valence-electron chi connectivity index (χ3n) is 2.98. The molecule has 1 atom stereocenters. The van der Waals surface area contributed by atoms with Gasteiger partial charge < -0.3 is 10.1 Å². The van der Waals surface area contributed by atoms with E-state index in [1.807, 2.05) is 19.1 Å². The summed E-state index contributed by atoms with van der Waals surface area (Å²) in [6, 6.07) is 8.31. The molecule has 5 heteroatoms. The zero-order valence-corrected chi connectivity index (χ0v) is 12.9. The number of pyridine rings is 1. The molecule has 0 spiro atoms. The lowest BCUT2D eigenvalue weighted by atomic mass is 9.99. The van der Waals surface area contributed by atoms with Crippen molar-refractivity contribution >= 4 is 15.9 Å². The molecule has 0 bridgehead atoms. The number of nitrogens with one attached hydrogen (secondary N) is 1. The van der Waals surface area contributed by atoms with E-state index in [2.05, 4.69) is 26.2 Å². The maximum Gasteiger partial charge on any atom is 0.218 e. The van der Waals surface area contributed by atoms with Gasteiger partial charge in [0.25, 0.3) is 0 Å². The van der Waals surface area contributed by atoms with E-state index in [4.69, 9.17) is 4.74 Å². The molecule has 0 aliphatic carbocycles. The largest absolute Gasteiger partial charge is 0.481 e. The standard InChI is InChI=1S/C15H16BrFN2O/c1-3-18-14(11-5-4-8-19-15(11)20-2)12-9-10(16)6-7-13(12)17/h4-9,14,18H,3H2,1-2H3. The van der Waals surface area contributed by atoms with Gasteiger partial charge in [-0.05, 0) is 30.8 Å². The van der Waals surface area contributed by atoms with Crippen LogP contribution >= 0.6 is 15.9 Å². The van der Waals surface area contributed by atoms with Crippen LogP contribution in [0.15, 0.2) is 41.0 Å². The lowest BCUT2D eigenvalue weighted by Crippen LogP contribution is -2.23. The minimum Gasteiger partial charge on any atom is -0.481 e. The zero-order valence-electron chi connectivity index (χ0n) is 11.4. The minimum atomic E-state index is -0.304. The number of hydrogen-bond acceptors (Lipinski definition) is 3. The predicted molar refractivity (Wildman–Crippen MR) is 80.4 cm³/mol. The predicted octanol–water partition coefficient (Wildman–Crippen LogP) is 3.69. The second-order valence-electron chi connectivity index (χ2n) is 4.26. The van der Waals surface area contributed by atoms with Gasteiger partial charge in [-0.3, -0.25) is 0 Å². The number of methoxy groups -OCH3 is 1. The Bertz CT molecular complexity index is 592. The van der Waals surface area contributed by atoms with Crippen LogP contribution in [0.1, 0.15) is 24.1 Å². The average molecular weight is 339 g/mol. The molecule has 2 aromatic rings. The molecular formula is C15H16BrFN2O. The fourth-order valence-electron chi connectivity index (χ4n) is 2.12. The van der Waals surface area contributed by atoms with Gasteiger partial charge in [0.1, 0.15) is 5.82 Å². The number of hydrogen-bond donors (Lipinski definition) is 1. The van der Waals surface area contributed by atoms with Crippen LogP contribution in [0.5, 0.6) is 5.88 Å². The van der Waals surface area contributed by atoms with Crippen molar-refractivity contribution in [1.29, 1.82) is 0 Å². The first-order valence-corrected chi connectivity index (χ1v) is 7.14. The number of rotatable bonds is 5. The fourth-order valence-corrected chi connectivity index (χ4v) is 2.50. The summed E-state index contributed by atoms with van der Waals surface area (Å²) in [6.45, 7) is 2.68. The van der Waals surface area contributed by atoms with Crippen LogP contribution in [0, 0.1) is 5.82 Å². The monoisotopic (exact) mass is 338 g/mol. The topological polar surface area (TPSA) is 34.2 Å². The first-order chi connectivity index (χ1) is 9.67. The van der Waals surface area contributed by atoms with Crippen molar-refractivity contribution in [1.82, 2.24) is 10.3 Å². The molecule has 0 fully saturated rings. The maximum atomic E-state index is 14.1. The zero-order chi connectivity index (χ0) is 14.5. The van der Waals surface area contributed by atoms with Gasteiger partial charge in [0.15, 0.2) is 0 Å². The normalized spacial score (nSPS) is 12.2. The van der Waals surface area contributed by atoms with E-state index in [1.165, 1.54) is 6.07 Å². The second-order valence-corrected chi connectivity index (χ2v) is 5.17. The summed E-state index contributed by atoms with van der Waals surface area (Å²) in [5, 5.41) is 3.28. The van der Waals surface area contributed by atoms with Crippen LogP contribution in [-0.2, 0) is 0 Å². The number of halogens is 2. The van der Waals surface area contributed by atoms with Gasteiger partial charge in [-0.15, -0.1) is 0 Å². The molecular weight excluding hydrogens is 323 g/mol. The highest BCUT2D eigenvalue weighted by atomic mass is 79.9. The van der Waals surface area contributed by atoms with Crippen molar-refractivity contribution in [2.24, 2.45) is 0 Å². The van der Waals surface area contributed by atoms with E-state index in [0.717, 1.165) is 10.0 Å². The molecule has 3 nitrogen and oxygen atoms in total. The Morgan fingerprint density at radius 2 is 2.15 bits per heavy atom. The molecule has 0 radical (unpaired) electrons. The van der Waals surface area contributed by atoms with Crippen molar-refractivity contribution in [3.63, 3.8) is 0 Å². The number of nitrogens with zero attached hydrogens (tertiary/aromatic N) is 1. The highest BCUT2D eigenvalue weighted by Gasteiger charge is 2.21. The van der Waals surface area contributed by atoms with Gasteiger partial charge >= 0.3 is 0 Å². The number of ether oxygens (including phenoxy) is 1. The summed E-state index contributed by atoms with van der Waals surface area (Å²) in [5.41, 5.74) is 1.38. The fraction of sp³-hybridized carbons (Fsp3) is 0.267. The lowest BCUT2D eigenvalue weighted by Gasteiger charge is -2.21. The molecule has 2 rings (SSSR count). The quantitative estimate of drug-likeness (QED) is 0.902. The highest BCUT2D eigenvalue weighted by Crippen LogP contribution is 2.31. The Morgan fingerprint density at radius 3 is 2.85 bits per heavy atom. The Hall–Kier alpha value is -1.46. The average Bonchev–Trinajstić information content (AvgIpc) is 2.47. The Kier molecular flexibility index (Phi) is 5.09. The van der Waals surface area contributed by atoms with Gasteiger partial charge in [0.2, 0.25) is 5.88 Å². The van der Waals surface area contributed by atoms with Gasteiger partial charge in [-0.1, -0.05) is 28.9 Å². The molecule has 1 aromatic heterocycles. The van der Waals surface area contributed by atoms with E-state index in [0.29, 0.717) is 18.0 Å². The summed E-state index contributed by atoms with van der Waals surface area (Å²) < 4.78 is 20.3. The third-order valence-corrected chi connectivity index (χ3v) is 3.48. The first-order valence-electron chi connectivity index (χ1n) is 6.34. The van der Waals surface area contributed by atoms with Gasteiger partial charge in [0.05, 0.1) is 13.2 Å². The van der Waals surface area contributed by atoms with E-state index < -0.39 is 0 Å². The van der Waals surface area contributed by atoms with Crippen molar-refractivity contribution < 1.29 is 9.13 Å². The smallest absolute Gasteiger partial charge is 0.218 e.